The van der Waals surface area contributed by atoms with Gasteiger partial charge in [0.1, 0.15) is 12.4 Å². The minimum atomic E-state index is 0.198. The van der Waals surface area contributed by atoms with E-state index in [0.29, 0.717) is 36.2 Å². The maximum atomic E-state index is 5.99. The molecule has 2 heterocycles. The van der Waals surface area contributed by atoms with Gasteiger partial charge in [-0.3, -0.25) is 0 Å². The number of aryl methyl sites for hydroxylation is 1. The molecule has 9 heteroatoms. The van der Waals surface area contributed by atoms with Crippen molar-refractivity contribution in [3.05, 3.63) is 59.2 Å². The van der Waals surface area contributed by atoms with Crippen LogP contribution < -0.4 is 25.3 Å². The molecule has 0 bridgehead atoms. The summed E-state index contributed by atoms with van der Waals surface area (Å²) in [6, 6.07) is 9.53. The van der Waals surface area contributed by atoms with E-state index in [0.717, 1.165) is 42.0 Å². The molecule has 0 radical (unpaired) electrons. The van der Waals surface area contributed by atoms with Gasteiger partial charge in [0.25, 0.3) is 0 Å². The quantitative estimate of drug-likeness (QED) is 0.388. The van der Waals surface area contributed by atoms with E-state index in [1.807, 2.05) is 50.3 Å². The Morgan fingerprint density at radius 3 is 2.62 bits per heavy atom. The van der Waals surface area contributed by atoms with Crippen LogP contribution in [0, 0.1) is 6.92 Å². The fourth-order valence-electron chi connectivity index (χ4n) is 3.49. The summed E-state index contributed by atoms with van der Waals surface area (Å²) in [6.45, 7) is 7.41. The number of benzene rings is 1. The Hall–Kier alpha value is -3.75. The van der Waals surface area contributed by atoms with Gasteiger partial charge >= 0.3 is 0 Å². The van der Waals surface area contributed by atoms with Crippen LogP contribution >= 0.6 is 0 Å². The summed E-state index contributed by atoms with van der Waals surface area (Å²) in [5.41, 5.74) is 9.57. The smallest absolute Gasteiger partial charge is 0.240 e. The fraction of sp³-hybridized carbons (Fsp3) is 0.400. The third kappa shape index (κ3) is 6.40. The molecule has 0 amide bonds. The van der Waals surface area contributed by atoms with Crippen LogP contribution in [0.5, 0.6) is 17.4 Å². The Labute approximate surface area is 201 Å². The lowest BCUT2D eigenvalue weighted by Crippen LogP contribution is -2.20. The normalized spacial score (nSPS) is 11.4. The first kappa shape index (κ1) is 24.9. The number of methoxy groups -OCH3 is 2. The minimum Gasteiger partial charge on any atom is -0.493 e. The highest BCUT2D eigenvalue weighted by atomic mass is 16.5. The van der Waals surface area contributed by atoms with Gasteiger partial charge in [-0.15, -0.1) is 5.10 Å². The van der Waals surface area contributed by atoms with E-state index < -0.39 is 0 Å². The second-order valence-corrected chi connectivity index (χ2v) is 7.85. The number of hydrogen-bond donors (Lipinski definition) is 2. The molecular formula is C25H34N6O3. The summed E-state index contributed by atoms with van der Waals surface area (Å²) in [5, 5.41) is 7.82. The van der Waals surface area contributed by atoms with E-state index in [4.69, 9.17) is 19.9 Å². The lowest BCUT2D eigenvalue weighted by atomic mass is 10.1. The number of nitrogen functional groups attached to an aromatic ring is 1. The molecule has 0 atom stereocenters. The number of ether oxygens (including phenoxy) is 3. The summed E-state index contributed by atoms with van der Waals surface area (Å²) in [4.78, 5) is 8.97. The maximum absolute atomic E-state index is 5.99. The van der Waals surface area contributed by atoms with Gasteiger partial charge in [-0.2, -0.15) is 4.98 Å². The molecule has 3 aromatic rings. The van der Waals surface area contributed by atoms with Crippen molar-refractivity contribution in [1.29, 1.82) is 0 Å². The van der Waals surface area contributed by atoms with Crippen molar-refractivity contribution in [3.63, 3.8) is 0 Å². The van der Waals surface area contributed by atoms with Gasteiger partial charge in [-0.25, -0.2) is 9.67 Å². The van der Waals surface area contributed by atoms with Gasteiger partial charge in [-0.1, -0.05) is 25.5 Å². The monoisotopic (exact) mass is 466 g/mol. The van der Waals surface area contributed by atoms with E-state index in [1.165, 1.54) is 0 Å². The van der Waals surface area contributed by atoms with Crippen LogP contribution in [0.4, 0.5) is 5.95 Å². The van der Waals surface area contributed by atoms with Gasteiger partial charge in [0.05, 0.1) is 19.9 Å². The SMILES string of the molecule is C/C=C(/COc1cc(-n2nc(N)nc2Cc2ccc(OC)c(OC)c2)cc(C)n1)NCCCC. The van der Waals surface area contributed by atoms with E-state index in [9.17, 15) is 0 Å². The predicted octanol–water partition coefficient (Wildman–Crippen LogP) is 3.83. The van der Waals surface area contributed by atoms with Gasteiger partial charge in [0.15, 0.2) is 11.5 Å². The second kappa shape index (κ2) is 11.9. The Morgan fingerprint density at radius 1 is 1.12 bits per heavy atom. The van der Waals surface area contributed by atoms with Crippen LogP contribution in [-0.2, 0) is 6.42 Å². The zero-order valence-electron chi connectivity index (χ0n) is 20.6. The number of pyridine rings is 1. The number of nitrogens with zero attached hydrogens (tertiary/aromatic N) is 4. The first-order valence-corrected chi connectivity index (χ1v) is 11.4. The average molecular weight is 467 g/mol. The van der Waals surface area contributed by atoms with Crippen molar-refractivity contribution < 1.29 is 14.2 Å². The van der Waals surface area contributed by atoms with E-state index in [1.54, 1.807) is 18.9 Å². The Morgan fingerprint density at radius 2 is 1.91 bits per heavy atom. The number of allylic oxidation sites excluding steroid dienone is 1. The van der Waals surface area contributed by atoms with Crippen LogP contribution in [0.1, 0.15) is 43.8 Å². The molecule has 2 aromatic heterocycles. The number of anilines is 1. The Bertz CT molecular complexity index is 1130. The summed E-state index contributed by atoms with van der Waals surface area (Å²) < 4.78 is 18.5. The summed E-state index contributed by atoms with van der Waals surface area (Å²) in [7, 11) is 3.22. The second-order valence-electron chi connectivity index (χ2n) is 7.85. The van der Waals surface area contributed by atoms with Crippen molar-refractivity contribution in [2.45, 2.75) is 40.0 Å². The van der Waals surface area contributed by atoms with Crippen molar-refractivity contribution in [2.75, 3.05) is 33.1 Å². The standard InChI is InChI=1S/C25H34N6O3/c1-6-8-11-27-19(7-2)16-34-24-15-20(12-17(3)28-24)31-23(29-25(26)30-31)14-18-9-10-21(32-4)22(13-18)33-5/h7,9-10,12-13,15,27H,6,8,11,14,16H2,1-5H3,(H2,26,30)/b19-7-. The molecule has 9 nitrogen and oxygen atoms in total. The molecule has 3 N–H and O–H groups in total. The molecule has 3 rings (SSSR count). The summed E-state index contributed by atoms with van der Waals surface area (Å²) >= 11 is 0. The Balaban J connectivity index is 1.82. The molecule has 0 aliphatic rings. The average Bonchev–Trinajstić information content (AvgIpc) is 3.20. The maximum Gasteiger partial charge on any atom is 0.240 e. The zero-order valence-corrected chi connectivity index (χ0v) is 20.6. The molecular weight excluding hydrogens is 432 g/mol. The minimum absolute atomic E-state index is 0.198. The number of rotatable bonds is 12. The van der Waals surface area contributed by atoms with Crippen LogP contribution in [0.15, 0.2) is 42.1 Å². The topological polar surface area (TPSA) is 109 Å². The predicted molar refractivity (Wildman–Crippen MR) is 133 cm³/mol. The third-order valence-electron chi connectivity index (χ3n) is 5.27. The fourth-order valence-corrected chi connectivity index (χ4v) is 3.49. The molecule has 1 aromatic carbocycles. The lowest BCUT2D eigenvalue weighted by Gasteiger charge is -2.13. The first-order chi connectivity index (χ1) is 16.5. The number of hydrogen-bond acceptors (Lipinski definition) is 8. The van der Waals surface area contributed by atoms with Gasteiger partial charge < -0.3 is 25.3 Å². The summed E-state index contributed by atoms with van der Waals surface area (Å²) in [5.74, 6) is 2.73. The molecule has 0 aliphatic carbocycles. The van der Waals surface area contributed by atoms with E-state index >= 15 is 0 Å². The lowest BCUT2D eigenvalue weighted by molar-refractivity contribution is 0.328. The van der Waals surface area contributed by atoms with Crippen LogP contribution in [0.3, 0.4) is 0 Å². The number of unbranched alkanes of at least 4 members (excludes halogenated alkanes) is 1. The summed E-state index contributed by atoms with van der Waals surface area (Å²) in [6.07, 6.45) is 4.78. The molecule has 0 spiro atoms. The van der Waals surface area contributed by atoms with E-state index in [-0.39, 0.29) is 5.95 Å². The first-order valence-electron chi connectivity index (χ1n) is 11.4. The zero-order chi connectivity index (χ0) is 24.5. The number of nitrogens with two attached hydrogens (primary N) is 1. The van der Waals surface area contributed by atoms with Crippen molar-refractivity contribution in [3.8, 4) is 23.1 Å². The van der Waals surface area contributed by atoms with Gasteiger partial charge in [0.2, 0.25) is 11.8 Å². The molecule has 0 fully saturated rings. The molecule has 0 saturated carbocycles. The Kier molecular flexibility index (Phi) is 8.73. The van der Waals surface area contributed by atoms with Gasteiger partial charge in [0, 0.05) is 30.4 Å². The highest BCUT2D eigenvalue weighted by molar-refractivity contribution is 5.44. The molecule has 182 valence electrons. The van der Waals surface area contributed by atoms with Crippen molar-refractivity contribution in [2.24, 2.45) is 0 Å². The highest BCUT2D eigenvalue weighted by Gasteiger charge is 2.14. The van der Waals surface area contributed by atoms with Gasteiger partial charge in [-0.05, 0) is 44.0 Å². The largest absolute Gasteiger partial charge is 0.493 e. The van der Waals surface area contributed by atoms with Crippen LogP contribution in [-0.4, -0.2) is 47.1 Å². The molecule has 34 heavy (non-hydrogen) atoms. The number of aromatic nitrogens is 4. The highest BCUT2D eigenvalue weighted by Crippen LogP contribution is 2.29. The van der Waals surface area contributed by atoms with Crippen LogP contribution in [0.2, 0.25) is 0 Å². The molecule has 0 unspecified atom stereocenters. The van der Waals surface area contributed by atoms with E-state index in [2.05, 4.69) is 27.3 Å². The molecule has 0 saturated heterocycles. The van der Waals surface area contributed by atoms with Crippen molar-refractivity contribution >= 4 is 5.95 Å². The number of nitrogens with one attached hydrogen (secondary N) is 1. The third-order valence-corrected chi connectivity index (χ3v) is 5.27. The van der Waals surface area contributed by atoms with Crippen LogP contribution in [0.25, 0.3) is 5.69 Å². The molecule has 0 aliphatic heterocycles. The van der Waals surface area contributed by atoms with Crippen molar-refractivity contribution in [1.82, 2.24) is 25.1 Å².